The van der Waals surface area contributed by atoms with Crippen LogP contribution in [0.3, 0.4) is 0 Å². The second-order valence-electron chi connectivity index (χ2n) is 4.65. The minimum Gasteiger partial charge on any atom is -0.391 e. The van der Waals surface area contributed by atoms with Gasteiger partial charge in [-0.1, -0.05) is 61.7 Å². The van der Waals surface area contributed by atoms with Gasteiger partial charge in [-0.15, -0.1) is 0 Å². The molecule has 0 radical (unpaired) electrons. The van der Waals surface area contributed by atoms with Crippen LogP contribution < -0.4 is 11.1 Å². The van der Waals surface area contributed by atoms with Gasteiger partial charge in [-0.25, -0.2) is 0 Å². The molecule has 0 bridgehead atoms. The topological polar surface area (TPSA) is 38.0 Å². The molecule has 2 rings (SSSR count). The zero-order valence-corrected chi connectivity index (χ0v) is 12.6. The fourth-order valence-electron chi connectivity index (χ4n) is 1.50. The first-order chi connectivity index (χ1) is 9.31. The second kappa shape index (κ2) is 14.8. The summed E-state index contributed by atoms with van der Waals surface area (Å²) in [6, 6.07) is 10.3. The van der Waals surface area contributed by atoms with E-state index < -0.39 is 0 Å². The van der Waals surface area contributed by atoms with Crippen molar-refractivity contribution >= 4 is 0 Å². The lowest BCUT2D eigenvalue weighted by Gasteiger charge is -2.02. The lowest BCUT2D eigenvalue weighted by Crippen LogP contribution is -2.09. The van der Waals surface area contributed by atoms with Crippen molar-refractivity contribution in [3.05, 3.63) is 48.2 Å². The van der Waals surface area contributed by atoms with Gasteiger partial charge in [0.2, 0.25) is 0 Å². The molecule has 108 valence electrons. The Labute approximate surface area is 119 Å². The van der Waals surface area contributed by atoms with Gasteiger partial charge >= 0.3 is 0 Å². The molecule has 0 unspecified atom stereocenters. The number of nitrogens with two attached hydrogens (primary N) is 1. The third kappa shape index (κ3) is 14.7. The van der Waals surface area contributed by atoms with Gasteiger partial charge in [-0.2, -0.15) is 0 Å². The molecule has 19 heavy (non-hydrogen) atoms. The summed E-state index contributed by atoms with van der Waals surface area (Å²) >= 11 is 0. The van der Waals surface area contributed by atoms with Crippen LogP contribution >= 0.6 is 0 Å². The molecule has 0 saturated heterocycles. The second-order valence-corrected chi connectivity index (χ2v) is 4.65. The van der Waals surface area contributed by atoms with Crippen LogP contribution in [-0.4, -0.2) is 13.1 Å². The zero-order chi connectivity index (χ0) is 14.2. The molecule has 1 aliphatic rings. The Morgan fingerprint density at radius 2 is 1.89 bits per heavy atom. The summed E-state index contributed by atoms with van der Waals surface area (Å²) in [5, 5.41) is 3.10. The highest BCUT2D eigenvalue weighted by molar-refractivity contribution is 5.11. The third-order valence-electron chi connectivity index (χ3n) is 2.68. The van der Waals surface area contributed by atoms with Crippen molar-refractivity contribution in [2.24, 2.45) is 5.73 Å². The van der Waals surface area contributed by atoms with E-state index in [9.17, 15) is 0 Å². The zero-order valence-electron chi connectivity index (χ0n) is 12.6. The molecule has 2 nitrogen and oxygen atoms in total. The highest BCUT2D eigenvalue weighted by Crippen LogP contribution is 1.92. The van der Waals surface area contributed by atoms with Crippen molar-refractivity contribution in [1.82, 2.24) is 5.32 Å². The van der Waals surface area contributed by atoms with Gasteiger partial charge in [-0.3, -0.25) is 0 Å². The number of benzene rings is 1. The molecule has 0 aliphatic carbocycles. The minimum absolute atomic E-state index is 0.855. The van der Waals surface area contributed by atoms with Gasteiger partial charge in [0.05, 0.1) is 0 Å². The van der Waals surface area contributed by atoms with Gasteiger partial charge in [0.25, 0.3) is 0 Å². The molecule has 1 aliphatic heterocycles. The monoisotopic (exact) mass is 262 g/mol. The lowest BCUT2D eigenvalue weighted by molar-refractivity contribution is 0.727. The highest BCUT2D eigenvalue weighted by atomic mass is 14.8. The lowest BCUT2D eigenvalue weighted by atomic mass is 10.2. The minimum atomic E-state index is 0.855. The fraction of sp³-hybridized carbons (Fsp3) is 0.529. The van der Waals surface area contributed by atoms with Crippen LogP contribution in [0.15, 0.2) is 42.6 Å². The Morgan fingerprint density at radius 1 is 1.16 bits per heavy atom. The number of nitrogens with one attached hydrogen (secondary N) is 1. The van der Waals surface area contributed by atoms with Crippen molar-refractivity contribution in [2.45, 2.75) is 46.0 Å². The highest BCUT2D eigenvalue weighted by Gasteiger charge is 1.84. The summed E-state index contributed by atoms with van der Waals surface area (Å²) in [6.07, 6.45) is 10.5. The number of hydrogen-bond acceptors (Lipinski definition) is 2. The summed E-state index contributed by atoms with van der Waals surface area (Å²) in [4.78, 5) is 0. The van der Waals surface area contributed by atoms with Crippen LogP contribution in [0, 0.1) is 6.92 Å². The van der Waals surface area contributed by atoms with Crippen molar-refractivity contribution < 1.29 is 0 Å². The SMILES string of the molecule is C1=CNCCC1.CCCCCN.Cc1ccccc1. The average Bonchev–Trinajstić information content (AvgIpc) is 2.49. The summed E-state index contributed by atoms with van der Waals surface area (Å²) in [5.41, 5.74) is 6.54. The molecule has 0 aromatic heterocycles. The van der Waals surface area contributed by atoms with Crippen LogP contribution in [0.1, 0.15) is 44.6 Å². The number of hydrogen-bond donors (Lipinski definition) is 2. The largest absolute Gasteiger partial charge is 0.391 e. The molecular weight excluding hydrogens is 232 g/mol. The van der Waals surface area contributed by atoms with E-state index in [2.05, 4.69) is 37.4 Å². The van der Waals surface area contributed by atoms with E-state index in [-0.39, 0.29) is 0 Å². The van der Waals surface area contributed by atoms with Crippen LogP contribution in [-0.2, 0) is 0 Å². The summed E-state index contributed by atoms with van der Waals surface area (Å²) in [7, 11) is 0. The van der Waals surface area contributed by atoms with E-state index in [0.717, 1.165) is 13.1 Å². The molecular formula is C17H30N2. The molecule has 2 heteroatoms. The molecule has 0 atom stereocenters. The third-order valence-corrected chi connectivity index (χ3v) is 2.68. The van der Waals surface area contributed by atoms with Crippen molar-refractivity contribution in [1.29, 1.82) is 0 Å². The first-order valence-corrected chi connectivity index (χ1v) is 7.41. The maximum atomic E-state index is 5.21. The predicted octanol–water partition coefficient (Wildman–Crippen LogP) is 4.01. The van der Waals surface area contributed by atoms with Gasteiger partial charge in [0.15, 0.2) is 0 Å². The Morgan fingerprint density at radius 3 is 2.11 bits per heavy atom. The van der Waals surface area contributed by atoms with Crippen molar-refractivity contribution in [2.75, 3.05) is 13.1 Å². The maximum Gasteiger partial charge on any atom is 0.0144 e. The molecule has 0 spiro atoms. The first kappa shape index (κ1) is 17.7. The normalized spacial score (nSPS) is 12.4. The van der Waals surface area contributed by atoms with E-state index >= 15 is 0 Å². The number of unbranched alkanes of at least 4 members (excludes halogenated alkanes) is 2. The fourth-order valence-corrected chi connectivity index (χ4v) is 1.50. The van der Waals surface area contributed by atoms with Crippen molar-refractivity contribution in [3.63, 3.8) is 0 Å². The van der Waals surface area contributed by atoms with E-state index in [1.807, 2.05) is 24.4 Å². The standard InChI is InChI=1S/C7H8.C5H9N.C5H13N/c1-7-5-3-2-4-6-7;1-2-4-6-5-3-1;1-2-3-4-5-6/h2-6H,1H3;2,4,6H,1,3,5H2;2-6H2,1H3. The molecule has 0 saturated carbocycles. The smallest absolute Gasteiger partial charge is 0.0144 e. The number of allylic oxidation sites excluding steroid dienone is 1. The summed E-state index contributed by atoms with van der Waals surface area (Å²) in [5.74, 6) is 0. The first-order valence-electron chi connectivity index (χ1n) is 7.41. The van der Waals surface area contributed by atoms with E-state index in [1.54, 1.807) is 0 Å². The average molecular weight is 262 g/mol. The van der Waals surface area contributed by atoms with Gasteiger partial charge in [-0.05, 0) is 38.9 Å². The molecule has 1 aromatic rings. The summed E-state index contributed by atoms with van der Waals surface area (Å²) < 4.78 is 0. The van der Waals surface area contributed by atoms with E-state index in [0.29, 0.717) is 0 Å². The molecule has 1 aromatic carbocycles. The molecule has 3 N–H and O–H groups in total. The predicted molar refractivity (Wildman–Crippen MR) is 86.1 cm³/mol. The van der Waals surface area contributed by atoms with E-state index in [4.69, 9.17) is 5.73 Å². The Balaban J connectivity index is 0.000000257. The van der Waals surface area contributed by atoms with E-state index in [1.165, 1.54) is 37.7 Å². The summed E-state index contributed by atoms with van der Waals surface area (Å²) in [6.45, 7) is 6.28. The van der Waals surface area contributed by atoms with Crippen LogP contribution in [0.25, 0.3) is 0 Å². The van der Waals surface area contributed by atoms with Gasteiger partial charge in [0, 0.05) is 6.54 Å². The Bertz CT molecular complexity index is 281. The van der Waals surface area contributed by atoms with Crippen LogP contribution in [0.5, 0.6) is 0 Å². The molecule has 1 heterocycles. The molecule has 0 fully saturated rings. The van der Waals surface area contributed by atoms with Crippen molar-refractivity contribution in [3.8, 4) is 0 Å². The van der Waals surface area contributed by atoms with Gasteiger partial charge in [0.1, 0.15) is 0 Å². The maximum absolute atomic E-state index is 5.21. The quantitative estimate of drug-likeness (QED) is 0.808. The Kier molecular flexibility index (Phi) is 13.8. The molecule has 0 amide bonds. The number of aryl methyl sites for hydroxylation is 1. The Hall–Kier alpha value is -1.28. The van der Waals surface area contributed by atoms with Gasteiger partial charge < -0.3 is 11.1 Å². The number of rotatable bonds is 3. The van der Waals surface area contributed by atoms with Crippen LogP contribution in [0.2, 0.25) is 0 Å². The van der Waals surface area contributed by atoms with Crippen LogP contribution in [0.4, 0.5) is 0 Å².